The van der Waals surface area contributed by atoms with Crippen molar-refractivity contribution in [2.45, 2.75) is 58.3 Å². The van der Waals surface area contributed by atoms with E-state index in [1.165, 1.54) is 14.2 Å². The number of hydrogen-bond donors (Lipinski definition) is 0. The number of nitrogens with zero attached hydrogens (tertiary/aromatic N) is 2. The summed E-state index contributed by atoms with van der Waals surface area (Å²) in [6.45, 7) is 13.5. The Bertz CT molecular complexity index is 1050. The molecule has 0 radical (unpaired) electrons. The third kappa shape index (κ3) is 4.93. The molecule has 0 fully saturated rings. The van der Waals surface area contributed by atoms with Crippen LogP contribution in [0.1, 0.15) is 53.6 Å². The van der Waals surface area contributed by atoms with E-state index in [-0.39, 0.29) is 10.6 Å². The molecule has 0 spiro atoms. The number of fused-ring (bicyclic) bond motifs is 1. The molecular formula is C26H38N2O5Si. The Morgan fingerprint density at radius 1 is 1.03 bits per heavy atom. The Kier molecular flexibility index (Phi) is 7.62. The van der Waals surface area contributed by atoms with Gasteiger partial charge in [0.25, 0.3) is 0 Å². The molecule has 8 heteroatoms. The molecule has 1 aromatic heterocycles. The van der Waals surface area contributed by atoms with Crippen molar-refractivity contribution in [3.05, 3.63) is 41.1 Å². The summed E-state index contributed by atoms with van der Waals surface area (Å²) in [6, 6.07) is 8.06. The van der Waals surface area contributed by atoms with Crippen LogP contribution in [0, 0.1) is 0 Å². The molecule has 0 saturated heterocycles. The molecule has 0 amide bonds. The SMILES string of the molecule is COC(=O)c1c(C(=O)OC)c(-c2ccc(N(C)CCO[Si](C)(C)C(C)(C)C)cc2)n2c1CCC2. The third-order valence-corrected chi connectivity index (χ3v) is 11.8. The Balaban J connectivity index is 1.86. The molecule has 2 aromatic rings. The number of ether oxygens (including phenoxy) is 2. The highest BCUT2D eigenvalue weighted by molar-refractivity contribution is 6.74. The second kappa shape index (κ2) is 9.96. The quantitative estimate of drug-likeness (QED) is 0.380. The van der Waals surface area contributed by atoms with Crippen molar-refractivity contribution in [3.8, 4) is 11.3 Å². The normalized spacial score (nSPS) is 13.5. The number of likely N-dealkylation sites (N-methyl/N-ethyl adjacent to an activating group) is 1. The minimum Gasteiger partial charge on any atom is -0.465 e. The topological polar surface area (TPSA) is 70.0 Å². The molecule has 7 nitrogen and oxygen atoms in total. The molecule has 34 heavy (non-hydrogen) atoms. The molecule has 0 atom stereocenters. The zero-order valence-corrected chi connectivity index (χ0v) is 22.8. The van der Waals surface area contributed by atoms with Gasteiger partial charge in [0.2, 0.25) is 0 Å². The lowest BCUT2D eigenvalue weighted by molar-refractivity contribution is 0.0556. The summed E-state index contributed by atoms with van der Waals surface area (Å²) >= 11 is 0. The van der Waals surface area contributed by atoms with Crippen molar-refractivity contribution < 1.29 is 23.5 Å². The predicted octanol–water partition coefficient (Wildman–Crippen LogP) is 5.13. The van der Waals surface area contributed by atoms with Crippen LogP contribution in [0.5, 0.6) is 0 Å². The van der Waals surface area contributed by atoms with E-state index in [9.17, 15) is 9.59 Å². The van der Waals surface area contributed by atoms with E-state index in [0.717, 1.165) is 48.6 Å². The van der Waals surface area contributed by atoms with Gasteiger partial charge in [-0.2, -0.15) is 0 Å². The van der Waals surface area contributed by atoms with Crippen molar-refractivity contribution >= 4 is 25.9 Å². The molecule has 3 rings (SSSR count). The van der Waals surface area contributed by atoms with Gasteiger partial charge in [0.05, 0.1) is 32.1 Å². The molecule has 1 aliphatic heterocycles. The largest absolute Gasteiger partial charge is 0.465 e. The van der Waals surface area contributed by atoms with Crippen molar-refractivity contribution in [1.29, 1.82) is 0 Å². The van der Waals surface area contributed by atoms with Crippen molar-refractivity contribution in [2.75, 3.05) is 39.3 Å². The number of benzene rings is 1. The maximum absolute atomic E-state index is 12.7. The van der Waals surface area contributed by atoms with Crippen LogP contribution in [0.15, 0.2) is 24.3 Å². The van der Waals surface area contributed by atoms with E-state index in [4.69, 9.17) is 13.9 Å². The fourth-order valence-corrected chi connectivity index (χ4v) is 5.19. The summed E-state index contributed by atoms with van der Waals surface area (Å²) in [5, 5.41) is 0.186. The van der Waals surface area contributed by atoms with Gasteiger partial charge in [0.15, 0.2) is 8.32 Å². The van der Waals surface area contributed by atoms with Crippen LogP contribution in [0.25, 0.3) is 11.3 Å². The van der Waals surface area contributed by atoms with Crippen molar-refractivity contribution in [2.24, 2.45) is 0 Å². The van der Waals surface area contributed by atoms with Gasteiger partial charge in [-0.25, -0.2) is 9.59 Å². The number of methoxy groups -OCH3 is 2. The molecule has 1 aliphatic rings. The smallest absolute Gasteiger partial charge is 0.340 e. The molecular weight excluding hydrogens is 448 g/mol. The fraction of sp³-hybridized carbons (Fsp3) is 0.538. The van der Waals surface area contributed by atoms with Crippen LogP contribution >= 0.6 is 0 Å². The Hall–Kier alpha value is -2.58. The van der Waals surface area contributed by atoms with Crippen LogP contribution in [-0.2, 0) is 26.9 Å². The van der Waals surface area contributed by atoms with Gasteiger partial charge < -0.3 is 23.4 Å². The summed E-state index contributed by atoms with van der Waals surface area (Å²) in [6.07, 6.45) is 1.65. The lowest BCUT2D eigenvalue weighted by atomic mass is 10.0. The minimum absolute atomic E-state index is 0.186. The second-order valence-corrected chi connectivity index (χ2v) is 15.2. The first-order valence-electron chi connectivity index (χ1n) is 11.8. The molecule has 1 aromatic carbocycles. The molecule has 2 heterocycles. The number of aromatic nitrogens is 1. The monoisotopic (exact) mass is 486 g/mol. The summed E-state index contributed by atoms with van der Waals surface area (Å²) in [4.78, 5) is 27.5. The van der Waals surface area contributed by atoms with Crippen LogP contribution in [-0.4, -0.2) is 59.2 Å². The predicted molar refractivity (Wildman–Crippen MR) is 137 cm³/mol. The molecule has 0 bridgehead atoms. The van der Waals surface area contributed by atoms with Crippen LogP contribution < -0.4 is 4.90 Å². The molecule has 0 N–H and O–H groups in total. The highest BCUT2D eigenvalue weighted by atomic mass is 28.4. The lowest BCUT2D eigenvalue weighted by Crippen LogP contribution is -2.42. The number of hydrogen-bond acceptors (Lipinski definition) is 6. The number of carbonyl (C=O) groups excluding carboxylic acids is 2. The van der Waals surface area contributed by atoms with E-state index in [0.29, 0.717) is 12.2 Å². The van der Waals surface area contributed by atoms with E-state index in [2.05, 4.69) is 43.3 Å². The first-order valence-corrected chi connectivity index (χ1v) is 14.7. The first-order chi connectivity index (χ1) is 15.9. The van der Waals surface area contributed by atoms with Gasteiger partial charge >= 0.3 is 11.9 Å². The van der Waals surface area contributed by atoms with Crippen LogP contribution in [0.3, 0.4) is 0 Å². The molecule has 0 aliphatic carbocycles. The number of carbonyl (C=O) groups is 2. The van der Waals surface area contributed by atoms with Crippen molar-refractivity contribution in [3.63, 3.8) is 0 Å². The van der Waals surface area contributed by atoms with E-state index < -0.39 is 20.3 Å². The van der Waals surface area contributed by atoms with Crippen LogP contribution in [0.2, 0.25) is 18.1 Å². The minimum atomic E-state index is -1.78. The summed E-state index contributed by atoms with van der Waals surface area (Å²) in [5.41, 5.74) is 4.09. The Labute approximate surface area is 204 Å². The molecule has 186 valence electrons. The zero-order chi connectivity index (χ0) is 25.3. The van der Waals surface area contributed by atoms with Crippen molar-refractivity contribution in [1.82, 2.24) is 4.57 Å². The molecule has 0 saturated carbocycles. The van der Waals surface area contributed by atoms with Gasteiger partial charge in [-0.05, 0) is 48.7 Å². The summed E-state index contributed by atoms with van der Waals surface area (Å²) in [7, 11) is 2.94. The lowest BCUT2D eigenvalue weighted by Gasteiger charge is -2.36. The number of esters is 2. The molecule has 0 unspecified atom stereocenters. The zero-order valence-electron chi connectivity index (χ0n) is 21.8. The van der Waals surface area contributed by atoms with E-state index in [1.807, 2.05) is 31.3 Å². The summed E-state index contributed by atoms with van der Waals surface area (Å²) < 4.78 is 18.4. The summed E-state index contributed by atoms with van der Waals surface area (Å²) in [5.74, 6) is -1.03. The van der Waals surface area contributed by atoms with Gasteiger partial charge in [-0.15, -0.1) is 0 Å². The average molecular weight is 487 g/mol. The first kappa shape index (κ1) is 26.0. The maximum Gasteiger partial charge on any atom is 0.340 e. The van der Waals surface area contributed by atoms with Gasteiger partial charge in [0, 0.05) is 31.5 Å². The van der Waals surface area contributed by atoms with Crippen LogP contribution in [0.4, 0.5) is 5.69 Å². The standard InChI is InChI=1S/C26H38N2O5Si/c1-26(2,3)34(7,8)33-17-16-27(4)19-13-11-18(12-14-19)23-22(25(30)32-6)21(24(29)31-5)20-10-9-15-28(20)23/h11-14H,9-10,15-17H2,1-8H3. The van der Waals surface area contributed by atoms with E-state index in [1.54, 1.807) is 0 Å². The number of rotatable bonds is 8. The van der Waals surface area contributed by atoms with Gasteiger partial charge in [-0.1, -0.05) is 32.9 Å². The Morgan fingerprint density at radius 3 is 2.18 bits per heavy atom. The highest BCUT2D eigenvalue weighted by Crippen LogP contribution is 2.38. The number of anilines is 1. The Morgan fingerprint density at radius 2 is 1.62 bits per heavy atom. The second-order valence-electron chi connectivity index (χ2n) is 10.4. The highest BCUT2D eigenvalue weighted by Gasteiger charge is 2.37. The van der Waals surface area contributed by atoms with E-state index >= 15 is 0 Å². The van der Waals surface area contributed by atoms with Gasteiger partial charge in [0.1, 0.15) is 5.56 Å². The fourth-order valence-electron chi connectivity index (χ4n) is 4.16. The maximum atomic E-state index is 12.7. The average Bonchev–Trinajstić information content (AvgIpc) is 3.37. The third-order valence-electron chi connectivity index (χ3n) is 7.22. The van der Waals surface area contributed by atoms with Gasteiger partial charge in [-0.3, -0.25) is 0 Å².